The summed E-state index contributed by atoms with van der Waals surface area (Å²) < 4.78 is 0. The summed E-state index contributed by atoms with van der Waals surface area (Å²) in [7, 11) is 4.21. The molecular weight excluding hydrogens is 162 g/mol. The summed E-state index contributed by atoms with van der Waals surface area (Å²) in [5, 5.41) is 0. The van der Waals surface area contributed by atoms with E-state index in [1.165, 1.54) is 19.4 Å². The molecule has 0 aromatic rings. The van der Waals surface area contributed by atoms with E-state index in [0.717, 1.165) is 0 Å². The van der Waals surface area contributed by atoms with E-state index < -0.39 is 0 Å². The standard InChI is InChI=1S/C6H15N.2C2H6.CH2O/c1-4-5-6-7(2)3;3*1-2/h4-6H2,1-3H3;2*1-2H3;1H2. The minimum atomic E-state index is 1.23. The van der Waals surface area contributed by atoms with Gasteiger partial charge in [0.05, 0.1) is 0 Å². The van der Waals surface area contributed by atoms with Gasteiger partial charge in [0.25, 0.3) is 0 Å². The SMILES string of the molecule is C=O.CC.CC.CCCCN(C)C. The summed E-state index contributed by atoms with van der Waals surface area (Å²) in [6, 6.07) is 0. The third kappa shape index (κ3) is 81.9. The topological polar surface area (TPSA) is 20.3 Å². The molecule has 2 nitrogen and oxygen atoms in total. The molecule has 0 aromatic heterocycles. The van der Waals surface area contributed by atoms with Gasteiger partial charge in [0.15, 0.2) is 0 Å². The van der Waals surface area contributed by atoms with Crippen molar-refractivity contribution in [1.29, 1.82) is 0 Å². The van der Waals surface area contributed by atoms with Gasteiger partial charge in [0.1, 0.15) is 6.79 Å². The van der Waals surface area contributed by atoms with Gasteiger partial charge in [-0.3, -0.25) is 0 Å². The van der Waals surface area contributed by atoms with E-state index in [4.69, 9.17) is 4.79 Å². The maximum atomic E-state index is 8.00. The fraction of sp³-hybridized carbons (Fsp3) is 0.909. The minimum absolute atomic E-state index is 1.23. The van der Waals surface area contributed by atoms with Crippen molar-refractivity contribution in [3.63, 3.8) is 0 Å². The van der Waals surface area contributed by atoms with Crippen LogP contribution in [0, 0.1) is 0 Å². The molecule has 0 N–H and O–H groups in total. The lowest BCUT2D eigenvalue weighted by Crippen LogP contribution is -2.12. The van der Waals surface area contributed by atoms with Crippen molar-refractivity contribution < 1.29 is 4.79 Å². The highest BCUT2D eigenvalue weighted by Gasteiger charge is 1.83. The molecule has 0 saturated heterocycles. The molecule has 0 fully saturated rings. The largest absolute Gasteiger partial charge is 0.309 e. The molecule has 0 heterocycles. The van der Waals surface area contributed by atoms with Crippen LogP contribution in [0.3, 0.4) is 0 Å². The van der Waals surface area contributed by atoms with E-state index in [9.17, 15) is 0 Å². The molecule has 0 saturated carbocycles. The third-order valence-electron chi connectivity index (χ3n) is 0.959. The molecule has 0 aliphatic carbocycles. The van der Waals surface area contributed by atoms with Gasteiger partial charge in [0.2, 0.25) is 0 Å². The molecular formula is C11H29NO. The molecule has 0 amide bonds. The first-order chi connectivity index (χ1) is 6.27. The molecule has 84 valence electrons. The Bertz CT molecular complexity index is 47.4. The van der Waals surface area contributed by atoms with Crippen LogP contribution >= 0.6 is 0 Å². The Morgan fingerprint density at radius 1 is 1.00 bits per heavy atom. The fourth-order valence-corrected chi connectivity index (χ4v) is 0.474. The Hall–Kier alpha value is -0.370. The molecule has 2 heteroatoms. The summed E-state index contributed by atoms with van der Waals surface area (Å²) in [6.45, 7) is 13.4. The van der Waals surface area contributed by atoms with Crippen LogP contribution in [0.25, 0.3) is 0 Å². The van der Waals surface area contributed by atoms with E-state index in [2.05, 4.69) is 25.9 Å². The Labute approximate surface area is 85.3 Å². The second-order valence-corrected chi connectivity index (χ2v) is 2.16. The van der Waals surface area contributed by atoms with Crippen LogP contribution in [-0.2, 0) is 4.79 Å². The van der Waals surface area contributed by atoms with Crippen molar-refractivity contribution in [2.45, 2.75) is 47.5 Å². The highest BCUT2D eigenvalue weighted by molar-refractivity contribution is 5.10. The Morgan fingerprint density at radius 3 is 1.38 bits per heavy atom. The van der Waals surface area contributed by atoms with E-state index >= 15 is 0 Å². The van der Waals surface area contributed by atoms with Crippen molar-refractivity contribution in [2.24, 2.45) is 0 Å². The van der Waals surface area contributed by atoms with E-state index in [-0.39, 0.29) is 0 Å². The molecule has 0 bridgehead atoms. The van der Waals surface area contributed by atoms with Gasteiger partial charge in [-0.05, 0) is 27.1 Å². The molecule has 0 aliphatic rings. The quantitative estimate of drug-likeness (QED) is 0.682. The number of hydrogen-bond donors (Lipinski definition) is 0. The second-order valence-electron chi connectivity index (χ2n) is 2.16. The van der Waals surface area contributed by atoms with E-state index in [1.807, 2.05) is 34.5 Å². The Balaban J connectivity index is -0.0000000573. The van der Waals surface area contributed by atoms with Crippen LogP contribution in [0.2, 0.25) is 0 Å². The zero-order valence-electron chi connectivity index (χ0n) is 10.7. The first-order valence-electron chi connectivity index (χ1n) is 5.21. The summed E-state index contributed by atoms with van der Waals surface area (Å²) in [4.78, 5) is 10.2. The third-order valence-corrected chi connectivity index (χ3v) is 0.959. The number of nitrogens with zero attached hydrogens (tertiary/aromatic N) is 1. The summed E-state index contributed by atoms with van der Waals surface area (Å²) in [5.41, 5.74) is 0. The second kappa shape index (κ2) is 41.5. The normalized spacial score (nSPS) is 6.77. The van der Waals surface area contributed by atoms with Crippen molar-refractivity contribution in [1.82, 2.24) is 4.90 Å². The maximum Gasteiger partial charge on any atom is 0.106 e. The molecule has 0 atom stereocenters. The van der Waals surface area contributed by atoms with Gasteiger partial charge in [-0.2, -0.15) is 0 Å². The van der Waals surface area contributed by atoms with E-state index in [0.29, 0.717) is 0 Å². The van der Waals surface area contributed by atoms with Gasteiger partial charge in [0, 0.05) is 0 Å². The van der Waals surface area contributed by atoms with Gasteiger partial charge < -0.3 is 9.69 Å². The monoisotopic (exact) mass is 191 g/mol. The van der Waals surface area contributed by atoms with Gasteiger partial charge in [-0.1, -0.05) is 41.0 Å². The van der Waals surface area contributed by atoms with Crippen molar-refractivity contribution in [2.75, 3.05) is 20.6 Å². The summed E-state index contributed by atoms with van der Waals surface area (Å²) in [6.07, 6.45) is 2.63. The van der Waals surface area contributed by atoms with Crippen LogP contribution in [-0.4, -0.2) is 32.3 Å². The number of rotatable bonds is 3. The fourth-order valence-electron chi connectivity index (χ4n) is 0.474. The van der Waals surface area contributed by atoms with Gasteiger partial charge >= 0.3 is 0 Å². The highest BCUT2D eigenvalue weighted by Crippen LogP contribution is 1.86. The van der Waals surface area contributed by atoms with Crippen molar-refractivity contribution >= 4 is 6.79 Å². The summed E-state index contributed by atoms with van der Waals surface area (Å²) in [5.74, 6) is 0. The number of unbranched alkanes of at least 4 members (excludes halogenated alkanes) is 1. The van der Waals surface area contributed by atoms with Crippen LogP contribution in [0.4, 0.5) is 0 Å². The lowest BCUT2D eigenvalue weighted by Gasteiger charge is -2.05. The zero-order chi connectivity index (χ0) is 11.7. The van der Waals surface area contributed by atoms with Crippen LogP contribution < -0.4 is 0 Å². The van der Waals surface area contributed by atoms with Gasteiger partial charge in [-0.15, -0.1) is 0 Å². The first-order valence-corrected chi connectivity index (χ1v) is 5.21. The molecule has 13 heavy (non-hydrogen) atoms. The molecule has 0 spiro atoms. The molecule has 0 unspecified atom stereocenters. The van der Waals surface area contributed by atoms with Crippen molar-refractivity contribution in [3.8, 4) is 0 Å². The zero-order valence-corrected chi connectivity index (χ0v) is 10.7. The van der Waals surface area contributed by atoms with Crippen molar-refractivity contribution in [3.05, 3.63) is 0 Å². The van der Waals surface area contributed by atoms with Crippen LogP contribution in [0.1, 0.15) is 47.5 Å². The Kier molecular flexibility index (Phi) is 73.2. The molecule has 0 aliphatic heterocycles. The highest BCUT2D eigenvalue weighted by atomic mass is 16.1. The average Bonchev–Trinajstić information content (AvgIpc) is 2.24. The number of hydrogen-bond acceptors (Lipinski definition) is 2. The average molecular weight is 191 g/mol. The molecule has 0 radical (unpaired) electrons. The number of carbonyl (C=O) groups excluding carboxylic acids is 1. The predicted molar refractivity (Wildman–Crippen MR) is 63.3 cm³/mol. The number of carbonyl (C=O) groups is 1. The predicted octanol–water partition coefficient (Wildman–Crippen LogP) is 3.22. The van der Waals surface area contributed by atoms with E-state index in [1.54, 1.807) is 0 Å². The first kappa shape index (κ1) is 22.9. The molecule has 0 rings (SSSR count). The molecule has 0 aromatic carbocycles. The lowest BCUT2D eigenvalue weighted by atomic mass is 10.3. The lowest BCUT2D eigenvalue weighted by molar-refractivity contribution is -0.0979. The summed E-state index contributed by atoms with van der Waals surface area (Å²) >= 11 is 0. The van der Waals surface area contributed by atoms with Crippen LogP contribution in [0.5, 0.6) is 0 Å². The Morgan fingerprint density at radius 2 is 1.31 bits per heavy atom. The maximum absolute atomic E-state index is 8.00. The van der Waals surface area contributed by atoms with Gasteiger partial charge in [-0.25, -0.2) is 0 Å². The minimum Gasteiger partial charge on any atom is -0.309 e. The van der Waals surface area contributed by atoms with Crippen LogP contribution in [0.15, 0.2) is 0 Å². The smallest absolute Gasteiger partial charge is 0.106 e.